The van der Waals surface area contributed by atoms with E-state index in [4.69, 9.17) is 10.8 Å². The van der Waals surface area contributed by atoms with Crippen molar-refractivity contribution in [1.82, 2.24) is 14.9 Å². The normalized spacial score (nSPS) is 25.2. The van der Waals surface area contributed by atoms with Gasteiger partial charge in [0.15, 0.2) is 0 Å². The molecule has 4 rings (SSSR count). The van der Waals surface area contributed by atoms with Gasteiger partial charge in [0, 0.05) is 44.1 Å². The summed E-state index contributed by atoms with van der Waals surface area (Å²) in [4.78, 5) is 25.2. The summed E-state index contributed by atoms with van der Waals surface area (Å²) in [6.45, 7) is 2.47. The lowest BCUT2D eigenvalue weighted by molar-refractivity contribution is -0.129. The van der Waals surface area contributed by atoms with Crippen LogP contribution < -0.4 is 16.2 Å². The lowest BCUT2D eigenvalue weighted by Gasteiger charge is -2.38. The molecule has 1 unspecified atom stereocenters. The van der Waals surface area contributed by atoms with Gasteiger partial charge < -0.3 is 15.2 Å². The van der Waals surface area contributed by atoms with Crippen molar-refractivity contribution >= 4 is 17.5 Å². The number of rotatable bonds is 3. The minimum absolute atomic E-state index is 0.297. The van der Waals surface area contributed by atoms with E-state index in [2.05, 4.69) is 15.3 Å². The average Bonchev–Trinajstić information content (AvgIpc) is 3.31. The van der Waals surface area contributed by atoms with Crippen LogP contribution in [0.3, 0.4) is 0 Å². The second kappa shape index (κ2) is 4.84. The summed E-state index contributed by atoms with van der Waals surface area (Å²) in [5.41, 5.74) is 2.64. The van der Waals surface area contributed by atoms with Crippen molar-refractivity contribution in [2.24, 2.45) is 5.84 Å². The number of nitrogens with zero attached hydrogens (tertiary/aromatic N) is 4. The largest absolute Gasteiger partial charge is 0.353 e. The standard InChI is InChI=1S/C14H20N6O/c15-18-11-7-12(17-14(16-11)9-1-2-9)19-5-6-20-10(8-19)3-4-13(20)21/h7,9-10H,1-6,8,15H2,(H,16,17,18). The quantitative estimate of drug-likeness (QED) is 0.620. The molecule has 1 amide bonds. The fraction of sp³-hybridized carbons (Fsp3) is 0.643. The predicted octanol–water partition coefficient (Wildman–Crippen LogP) is 0.451. The molecule has 1 aromatic heterocycles. The fourth-order valence-electron chi connectivity index (χ4n) is 3.29. The van der Waals surface area contributed by atoms with Crippen LogP contribution in [-0.4, -0.2) is 46.5 Å². The summed E-state index contributed by atoms with van der Waals surface area (Å²) in [7, 11) is 0. The van der Waals surface area contributed by atoms with Gasteiger partial charge in [-0.25, -0.2) is 15.8 Å². The SMILES string of the molecule is NNc1cc(N2CCN3C(=O)CCC3C2)nc(C2CC2)n1. The molecule has 2 aliphatic heterocycles. The van der Waals surface area contributed by atoms with Crippen molar-refractivity contribution in [2.45, 2.75) is 37.6 Å². The van der Waals surface area contributed by atoms with E-state index in [9.17, 15) is 4.79 Å². The van der Waals surface area contributed by atoms with Gasteiger partial charge in [-0.1, -0.05) is 0 Å². The molecular formula is C14H20N6O. The third-order valence-electron chi connectivity index (χ3n) is 4.64. The molecule has 7 heteroatoms. The maximum atomic E-state index is 11.8. The molecule has 3 heterocycles. The summed E-state index contributed by atoms with van der Waals surface area (Å²) in [6.07, 6.45) is 3.97. The van der Waals surface area contributed by atoms with Crippen LogP contribution in [0, 0.1) is 0 Å². The molecule has 3 N–H and O–H groups in total. The molecule has 112 valence electrons. The van der Waals surface area contributed by atoms with Crippen molar-refractivity contribution in [3.05, 3.63) is 11.9 Å². The Morgan fingerprint density at radius 3 is 2.86 bits per heavy atom. The number of hydrazine groups is 1. The first kappa shape index (κ1) is 12.8. The number of fused-ring (bicyclic) bond motifs is 1. The molecule has 7 nitrogen and oxygen atoms in total. The van der Waals surface area contributed by atoms with Crippen LogP contribution >= 0.6 is 0 Å². The van der Waals surface area contributed by atoms with Gasteiger partial charge in [0.25, 0.3) is 0 Å². The molecule has 0 radical (unpaired) electrons. The Hall–Kier alpha value is -1.89. The number of carbonyl (C=O) groups is 1. The van der Waals surface area contributed by atoms with Crippen LogP contribution in [0.15, 0.2) is 6.07 Å². The van der Waals surface area contributed by atoms with Crippen LogP contribution in [-0.2, 0) is 4.79 Å². The van der Waals surface area contributed by atoms with E-state index >= 15 is 0 Å². The summed E-state index contributed by atoms with van der Waals surface area (Å²) in [5, 5.41) is 0. The Labute approximate surface area is 123 Å². The molecule has 3 aliphatic rings. The third kappa shape index (κ3) is 2.31. The third-order valence-corrected chi connectivity index (χ3v) is 4.64. The van der Waals surface area contributed by atoms with E-state index in [1.54, 1.807) is 0 Å². The Balaban J connectivity index is 1.58. The van der Waals surface area contributed by atoms with Crippen molar-refractivity contribution in [3.8, 4) is 0 Å². The number of piperazine rings is 1. The van der Waals surface area contributed by atoms with Crippen molar-refractivity contribution in [2.75, 3.05) is 30.0 Å². The second-order valence-electron chi connectivity index (χ2n) is 6.11. The van der Waals surface area contributed by atoms with Crippen molar-refractivity contribution in [1.29, 1.82) is 0 Å². The summed E-state index contributed by atoms with van der Waals surface area (Å²) in [6, 6.07) is 2.23. The molecule has 1 atom stereocenters. The molecule has 21 heavy (non-hydrogen) atoms. The smallest absolute Gasteiger partial charge is 0.223 e. The average molecular weight is 288 g/mol. The molecule has 2 saturated heterocycles. The van der Waals surface area contributed by atoms with E-state index in [-0.39, 0.29) is 0 Å². The van der Waals surface area contributed by atoms with Crippen LogP contribution in [0.25, 0.3) is 0 Å². The fourth-order valence-corrected chi connectivity index (χ4v) is 3.29. The number of hydrogen-bond donors (Lipinski definition) is 2. The predicted molar refractivity (Wildman–Crippen MR) is 78.8 cm³/mol. The monoisotopic (exact) mass is 288 g/mol. The van der Waals surface area contributed by atoms with E-state index < -0.39 is 0 Å². The Morgan fingerprint density at radius 1 is 1.24 bits per heavy atom. The first-order valence-electron chi connectivity index (χ1n) is 7.64. The second-order valence-corrected chi connectivity index (χ2v) is 6.11. The van der Waals surface area contributed by atoms with Gasteiger partial charge in [0.05, 0.1) is 0 Å². The molecule has 1 aromatic rings. The molecule has 0 bridgehead atoms. The van der Waals surface area contributed by atoms with E-state index in [1.807, 2.05) is 11.0 Å². The minimum Gasteiger partial charge on any atom is -0.353 e. The van der Waals surface area contributed by atoms with Crippen LogP contribution in [0.1, 0.15) is 37.4 Å². The molecular weight excluding hydrogens is 268 g/mol. The summed E-state index contributed by atoms with van der Waals surface area (Å²) in [5.74, 6) is 8.81. The number of nitrogens with one attached hydrogen (secondary N) is 1. The number of aromatic nitrogens is 2. The van der Waals surface area contributed by atoms with Crippen LogP contribution in [0.2, 0.25) is 0 Å². The van der Waals surface area contributed by atoms with E-state index in [0.717, 1.165) is 37.7 Å². The molecule has 0 aromatic carbocycles. The van der Waals surface area contributed by atoms with Crippen LogP contribution in [0.5, 0.6) is 0 Å². The number of nitrogen functional groups attached to an aromatic ring is 1. The number of hydrogen-bond acceptors (Lipinski definition) is 6. The Bertz CT molecular complexity index is 573. The topological polar surface area (TPSA) is 87.4 Å². The highest BCUT2D eigenvalue weighted by Crippen LogP contribution is 2.39. The number of amides is 1. The summed E-state index contributed by atoms with van der Waals surface area (Å²) < 4.78 is 0. The minimum atomic E-state index is 0.297. The highest BCUT2D eigenvalue weighted by molar-refractivity contribution is 5.79. The maximum Gasteiger partial charge on any atom is 0.223 e. The first-order valence-corrected chi connectivity index (χ1v) is 7.64. The van der Waals surface area contributed by atoms with E-state index in [0.29, 0.717) is 30.1 Å². The number of carbonyl (C=O) groups excluding carboxylic acids is 1. The Kier molecular flexibility index (Phi) is 2.95. The molecule has 1 aliphatic carbocycles. The van der Waals surface area contributed by atoms with E-state index in [1.165, 1.54) is 12.8 Å². The van der Waals surface area contributed by atoms with Gasteiger partial charge in [0.2, 0.25) is 5.91 Å². The van der Waals surface area contributed by atoms with Gasteiger partial charge in [-0.15, -0.1) is 0 Å². The highest BCUT2D eigenvalue weighted by atomic mass is 16.2. The zero-order valence-corrected chi connectivity index (χ0v) is 12.0. The summed E-state index contributed by atoms with van der Waals surface area (Å²) >= 11 is 0. The Morgan fingerprint density at radius 2 is 2.10 bits per heavy atom. The lowest BCUT2D eigenvalue weighted by atomic mass is 10.1. The highest BCUT2D eigenvalue weighted by Gasteiger charge is 2.36. The first-order chi connectivity index (χ1) is 10.2. The van der Waals surface area contributed by atoms with Crippen LogP contribution in [0.4, 0.5) is 11.6 Å². The molecule has 0 spiro atoms. The number of anilines is 2. The zero-order valence-electron chi connectivity index (χ0n) is 12.0. The number of nitrogens with two attached hydrogens (primary N) is 1. The maximum absolute atomic E-state index is 11.8. The van der Waals surface area contributed by atoms with Gasteiger partial charge >= 0.3 is 0 Å². The van der Waals surface area contributed by atoms with Crippen molar-refractivity contribution in [3.63, 3.8) is 0 Å². The van der Waals surface area contributed by atoms with Gasteiger partial charge in [-0.2, -0.15) is 0 Å². The van der Waals surface area contributed by atoms with Gasteiger partial charge in [-0.3, -0.25) is 4.79 Å². The molecule has 3 fully saturated rings. The van der Waals surface area contributed by atoms with Crippen molar-refractivity contribution < 1.29 is 4.79 Å². The lowest BCUT2D eigenvalue weighted by Crippen LogP contribution is -2.51. The molecule has 1 saturated carbocycles. The zero-order chi connectivity index (χ0) is 14.4. The van der Waals surface area contributed by atoms with Gasteiger partial charge in [-0.05, 0) is 19.3 Å². The van der Waals surface area contributed by atoms with Gasteiger partial charge in [0.1, 0.15) is 17.5 Å².